The summed E-state index contributed by atoms with van der Waals surface area (Å²) in [5.74, 6) is -1.35. The number of anilines is 1. The Hall–Kier alpha value is -2.93. The van der Waals surface area contributed by atoms with Gasteiger partial charge in [-0.1, -0.05) is 29.8 Å². The topological polar surface area (TPSA) is 98.5 Å². The van der Waals surface area contributed by atoms with Crippen molar-refractivity contribution in [2.45, 2.75) is 0 Å². The number of carbonyl (C=O) groups is 2. The minimum Gasteiger partial charge on any atom is -0.452 e. The normalized spacial score (nSPS) is 9.96. The molecule has 118 valence electrons. The number of ether oxygens (including phenoxy) is 1. The van der Waals surface area contributed by atoms with E-state index in [4.69, 9.17) is 16.3 Å². The summed E-state index contributed by atoms with van der Waals surface area (Å²) in [6.45, 7) is -0.535. The summed E-state index contributed by atoms with van der Waals surface area (Å²) in [7, 11) is 0. The molecule has 1 N–H and O–H groups in total. The number of nitrogens with one attached hydrogen (secondary N) is 1. The summed E-state index contributed by atoms with van der Waals surface area (Å²) < 4.78 is 4.85. The molecule has 8 heteroatoms. The second kappa shape index (κ2) is 7.37. The first kappa shape index (κ1) is 16.4. The van der Waals surface area contributed by atoms with E-state index in [1.807, 2.05) is 0 Å². The number of esters is 1. The largest absolute Gasteiger partial charge is 0.452 e. The SMILES string of the molecule is O=C(COC(=O)c1ccccc1Cl)Nc1cccc([N+](=O)[O-])c1. The van der Waals surface area contributed by atoms with Crippen LogP contribution in [0.1, 0.15) is 10.4 Å². The van der Waals surface area contributed by atoms with Crippen molar-refractivity contribution in [3.63, 3.8) is 0 Å². The lowest BCUT2D eigenvalue weighted by Gasteiger charge is -2.07. The molecule has 0 aliphatic heterocycles. The van der Waals surface area contributed by atoms with Crippen LogP contribution >= 0.6 is 11.6 Å². The van der Waals surface area contributed by atoms with E-state index in [0.717, 1.165) is 0 Å². The van der Waals surface area contributed by atoms with Crippen LogP contribution in [0.2, 0.25) is 5.02 Å². The van der Waals surface area contributed by atoms with Gasteiger partial charge in [-0.05, 0) is 18.2 Å². The number of nitro benzene ring substituents is 1. The molecule has 1 amide bonds. The van der Waals surface area contributed by atoms with E-state index >= 15 is 0 Å². The van der Waals surface area contributed by atoms with Crippen molar-refractivity contribution in [1.29, 1.82) is 0 Å². The number of non-ortho nitro benzene ring substituents is 1. The van der Waals surface area contributed by atoms with E-state index in [2.05, 4.69) is 5.32 Å². The van der Waals surface area contributed by atoms with Gasteiger partial charge in [0.05, 0.1) is 15.5 Å². The first-order valence-electron chi connectivity index (χ1n) is 6.43. The van der Waals surface area contributed by atoms with Crippen molar-refractivity contribution >= 4 is 34.9 Å². The van der Waals surface area contributed by atoms with Gasteiger partial charge in [-0.3, -0.25) is 14.9 Å². The smallest absolute Gasteiger partial charge is 0.340 e. The number of halogens is 1. The Morgan fingerprint density at radius 1 is 1.17 bits per heavy atom. The second-order valence-corrected chi connectivity index (χ2v) is 4.82. The minimum absolute atomic E-state index is 0.150. The van der Waals surface area contributed by atoms with Gasteiger partial charge in [0.1, 0.15) is 0 Å². The third-order valence-electron chi connectivity index (χ3n) is 2.77. The highest BCUT2D eigenvalue weighted by molar-refractivity contribution is 6.33. The lowest BCUT2D eigenvalue weighted by Crippen LogP contribution is -2.21. The van der Waals surface area contributed by atoms with Gasteiger partial charge in [-0.25, -0.2) is 4.79 Å². The molecule has 23 heavy (non-hydrogen) atoms. The van der Waals surface area contributed by atoms with Crippen LogP contribution in [0, 0.1) is 10.1 Å². The average molecular weight is 335 g/mol. The van der Waals surface area contributed by atoms with Crippen molar-refractivity contribution in [3.05, 3.63) is 69.2 Å². The Morgan fingerprint density at radius 2 is 1.91 bits per heavy atom. The highest BCUT2D eigenvalue weighted by Crippen LogP contribution is 2.17. The number of hydrogen-bond acceptors (Lipinski definition) is 5. The van der Waals surface area contributed by atoms with Gasteiger partial charge in [-0.2, -0.15) is 0 Å². The van der Waals surface area contributed by atoms with E-state index in [0.29, 0.717) is 0 Å². The van der Waals surface area contributed by atoms with Gasteiger partial charge in [0.15, 0.2) is 6.61 Å². The number of rotatable bonds is 5. The zero-order valence-electron chi connectivity index (χ0n) is 11.7. The first-order valence-corrected chi connectivity index (χ1v) is 6.81. The number of nitrogens with zero attached hydrogens (tertiary/aromatic N) is 1. The van der Waals surface area contributed by atoms with Crippen LogP contribution in [0.5, 0.6) is 0 Å². The predicted molar refractivity (Wildman–Crippen MR) is 83.5 cm³/mol. The van der Waals surface area contributed by atoms with Gasteiger partial charge in [0, 0.05) is 17.8 Å². The molecule has 7 nitrogen and oxygen atoms in total. The summed E-state index contributed by atoms with van der Waals surface area (Å²) in [5.41, 5.74) is 0.228. The van der Waals surface area contributed by atoms with Gasteiger partial charge in [0.2, 0.25) is 0 Å². The van der Waals surface area contributed by atoms with Crippen molar-refractivity contribution in [2.75, 3.05) is 11.9 Å². The van der Waals surface area contributed by atoms with Crippen LogP contribution < -0.4 is 5.32 Å². The molecule has 0 aromatic heterocycles. The number of nitro groups is 1. The van der Waals surface area contributed by atoms with Gasteiger partial charge < -0.3 is 10.1 Å². The van der Waals surface area contributed by atoms with Gasteiger partial charge >= 0.3 is 5.97 Å². The predicted octanol–water partition coefficient (Wildman–Crippen LogP) is 3.04. The quantitative estimate of drug-likeness (QED) is 0.514. The summed E-state index contributed by atoms with van der Waals surface area (Å²) in [4.78, 5) is 33.6. The van der Waals surface area contributed by atoms with Crippen LogP contribution in [-0.2, 0) is 9.53 Å². The molecular formula is C15H11ClN2O5. The number of benzene rings is 2. The third kappa shape index (κ3) is 4.52. The Labute approximate surface area is 136 Å². The van der Waals surface area contributed by atoms with Crippen LogP contribution in [-0.4, -0.2) is 23.4 Å². The molecular weight excluding hydrogens is 324 g/mol. The Balaban J connectivity index is 1.93. The molecule has 0 atom stereocenters. The Bertz CT molecular complexity index is 763. The molecule has 0 heterocycles. The Morgan fingerprint density at radius 3 is 2.61 bits per heavy atom. The fourth-order valence-electron chi connectivity index (χ4n) is 1.73. The maximum Gasteiger partial charge on any atom is 0.340 e. The van der Waals surface area contributed by atoms with Crippen LogP contribution in [0.4, 0.5) is 11.4 Å². The molecule has 0 aliphatic carbocycles. The van der Waals surface area contributed by atoms with Gasteiger partial charge in [-0.15, -0.1) is 0 Å². The summed E-state index contributed by atoms with van der Waals surface area (Å²) in [6, 6.07) is 11.7. The molecule has 0 aliphatic rings. The lowest BCUT2D eigenvalue weighted by atomic mass is 10.2. The van der Waals surface area contributed by atoms with Crippen LogP contribution in [0.15, 0.2) is 48.5 Å². The number of hydrogen-bond donors (Lipinski definition) is 1. The maximum absolute atomic E-state index is 11.8. The Kier molecular flexibility index (Phi) is 5.27. The summed E-state index contributed by atoms with van der Waals surface area (Å²) in [6.07, 6.45) is 0. The van der Waals surface area contributed by atoms with Crippen molar-refractivity contribution in [2.24, 2.45) is 0 Å². The molecule has 2 aromatic carbocycles. The minimum atomic E-state index is -0.732. The highest BCUT2D eigenvalue weighted by Gasteiger charge is 2.14. The van der Waals surface area contributed by atoms with Crippen LogP contribution in [0.3, 0.4) is 0 Å². The molecule has 0 saturated carbocycles. The fourth-order valence-corrected chi connectivity index (χ4v) is 1.94. The second-order valence-electron chi connectivity index (χ2n) is 4.41. The van der Waals surface area contributed by atoms with E-state index in [1.54, 1.807) is 12.1 Å². The monoisotopic (exact) mass is 334 g/mol. The molecule has 2 aromatic rings. The molecule has 0 unspecified atom stereocenters. The number of carbonyl (C=O) groups excluding carboxylic acids is 2. The maximum atomic E-state index is 11.8. The molecule has 0 saturated heterocycles. The van der Waals surface area contributed by atoms with E-state index < -0.39 is 23.4 Å². The average Bonchev–Trinajstić information content (AvgIpc) is 2.53. The first-order chi connectivity index (χ1) is 11.0. The highest BCUT2D eigenvalue weighted by atomic mass is 35.5. The van der Waals surface area contributed by atoms with E-state index in [1.165, 1.54) is 36.4 Å². The molecule has 0 bridgehead atoms. The zero-order valence-corrected chi connectivity index (χ0v) is 12.4. The fraction of sp³-hybridized carbons (Fsp3) is 0.0667. The van der Waals surface area contributed by atoms with Crippen molar-refractivity contribution in [3.8, 4) is 0 Å². The third-order valence-corrected chi connectivity index (χ3v) is 3.10. The van der Waals surface area contributed by atoms with Crippen LogP contribution in [0.25, 0.3) is 0 Å². The van der Waals surface area contributed by atoms with E-state index in [-0.39, 0.29) is 22.0 Å². The molecule has 0 fully saturated rings. The molecule has 0 radical (unpaired) electrons. The zero-order chi connectivity index (χ0) is 16.8. The summed E-state index contributed by atoms with van der Waals surface area (Å²) in [5, 5.41) is 13.3. The van der Waals surface area contributed by atoms with E-state index in [9.17, 15) is 19.7 Å². The van der Waals surface area contributed by atoms with Crippen molar-refractivity contribution in [1.82, 2.24) is 0 Å². The standard InChI is InChI=1S/C15H11ClN2O5/c16-13-7-2-1-6-12(13)15(20)23-9-14(19)17-10-4-3-5-11(8-10)18(21)22/h1-8H,9H2,(H,17,19). The summed E-state index contributed by atoms with van der Waals surface area (Å²) >= 11 is 5.85. The number of amides is 1. The molecule has 2 rings (SSSR count). The van der Waals surface area contributed by atoms with Gasteiger partial charge in [0.25, 0.3) is 11.6 Å². The van der Waals surface area contributed by atoms with Crippen molar-refractivity contribution < 1.29 is 19.2 Å². The molecule has 0 spiro atoms. The lowest BCUT2D eigenvalue weighted by molar-refractivity contribution is -0.384.